The van der Waals surface area contributed by atoms with Crippen molar-refractivity contribution in [2.45, 2.75) is 39.0 Å². The Hall–Kier alpha value is -1.38. The second-order valence-corrected chi connectivity index (χ2v) is 4.60. The van der Waals surface area contributed by atoms with Crippen LogP contribution in [0.1, 0.15) is 39.0 Å². The first-order valence-electron chi connectivity index (χ1n) is 6.02. The van der Waals surface area contributed by atoms with Gasteiger partial charge in [-0.15, -0.1) is 0 Å². The highest BCUT2D eigenvalue weighted by molar-refractivity contribution is 5.82. The van der Waals surface area contributed by atoms with E-state index in [4.69, 9.17) is 4.74 Å². The molecule has 0 amide bonds. The van der Waals surface area contributed by atoms with E-state index in [9.17, 15) is 9.59 Å². The van der Waals surface area contributed by atoms with Gasteiger partial charge in [-0.3, -0.25) is 9.59 Å². The highest BCUT2D eigenvalue weighted by atomic mass is 16.5. The molecule has 0 aromatic carbocycles. The zero-order valence-electron chi connectivity index (χ0n) is 10.5. The van der Waals surface area contributed by atoms with Crippen LogP contribution in [0.15, 0.2) is 24.3 Å². The summed E-state index contributed by atoms with van der Waals surface area (Å²) in [6.45, 7) is 9.28. The maximum atomic E-state index is 11.7. The summed E-state index contributed by atoms with van der Waals surface area (Å²) >= 11 is 0. The summed E-state index contributed by atoms with van der Waals surface area (Å²) in [5.74, 6) is 0.0932. The third kappa shape index (κ3) is 4.55. The monoisotopic (exact) mass is 236 g/mol. The van der Waals surface area contributed by atoms with Crippen LogP contribution in [-0.4, -0.2) is 18.4 Å². The predicted molar refractivity (Wildman–Crippen MR) is 66.5 cm³/mol. The Bertz CT molecular complexity index is 341. The molecule has 3 nitrogen and oxygen atoms in total. The van der Waals surface area contributed by atoms with E-state index in [-0.39, 0.29) is 18.5 Å². The SMILES string of the molecule is C=C(COC(C)=O)C(=C)CC1CCCCC1=O. The third-order valence-corrected chi connectivity index (χ3v) is 3.12. The van der Waals surface area contributed by atoms with Gasteiger partial charge in [-0.05, 0) is 30.4 Å². The first-order chi connectivity index (χ1) is 8.00. The highest BCUT2D eigenvalue weighted by Crippen LogP contribution is 2.27. The van der Waals surface area contributed by atoms with Crippen molar-refractivity contribution >= 4 is 11.8 Å². The van der Waals surface area contributed by atoms with Crippen LogP contribution in [0.4, 0.5) is 0 Å². The fraction of sp³-hybridized carbons (Fsp3) is 0.571. The highest BCUT2D eigenvalue weighted by Gasteiger charge is 2.23. The molecule has 1 fully saturated rings. The van der Waals surface area contributed by atoms with Crippen molar-refractivity contribution in [3.8, 4) is 0 Å². The lowest BCUT2D eigenvalue weighted by molar-refractivity contribution is -0.140. The van der Waals surface area contributed by atoms with E-state index >= 15 is 0 Å². The van der Waals surface area contributed by atoms with Crippen molar-refractivity contribution in [1.29, 1.82) is 0 Å². The van der Waals surface area contributed by atoms with Crippen molar-refractivity contribution in [3.05, 3.63) is 24.3 Å². The molecule has 3 heteroatoms. The molecule has 0 aromatic heterocycles. The largest absolute Gasteiger partial charge is 0.461 e. The van der Waals surface area contributed by atoms with Crippen LogP contribution in [-0.2, 0) is 14.3 Å². The number of carbonyl (C=O) groups excluding carboxylic acids is 2. The fourth-order valence-corrected chi connectivity index (χ4v) is 2.00. The molecule has 0 spiro atoms. The van der Waals surface area contributed by atoms with Gasteiger partial charge in [0.05, 0.1) is 0 Å². The normalized spacial score (nSPS) is 19.8. The number of ether oxygens (including phenoxy) is 1. The molecular weight excluding hydrogens is 216 g/mol. The molecular formula is C14H20O3. The lowest BCUT2D eigenvalue weighted by Crippen LogP contribution is -2.20. The van der Waals surface area contributed by atoms with Gasteiger partial charge in [0, 0.05) is 19.3 Å². The van der Waals surface area contributed by atoms with Crippen LogP contribution in [0.5, 0.6) is 0 Å². The zero-order chi connectivity index (χ0) is 12.8. The molecule has 0 bridgehead atoms. The summed E-state index contributed by atoms with van der Waals surface area (Å²) in [4.78, 5) is 22.3. The molecule has 0 N–H and O–H groups in total. The Balaban J connectivity index is 2.39. The molecule has 0 saturated heterocycles. The smallest absolute Gasteiger partial charge is 0.302 e. The van der Waals surface area contributed by atoms with Gasteiger partial charge >= 0.3 is 5.97 Å². The molecule has 0 heterocycles. The summed E-state index contributed by atoms with van der Waals surface area (Å²) in [6.07, 6.45) is 4.41. The lowest BCUT2D eigenvalue weighted by atomic mass is 9.83. The summed E-state index contributed by atoms with van der Waals surface area (Å²) in [7, 11) is 0. The molecule has 17 heavy (non-hydrogen) atoms. The van der Waals surface area contributed by atoms with Gasteiger partial charge in [0.15, 0.2) is 0 Å². The van der Waals surface area contributed by atoms with Crippen LogP contribution in [0.25, 0.3) is 0 Å². The van der Waals surface area contributed by atoms with E-state index < -0.39 is 0 Å². The van der Waals surface area contributed by atoms with Gasteiger partial charge in [-0.25, -0.2) is 0 Å². The lowest BCUT2D eigenvalue weighted by Gasteiger charge is -2.21. The number of rotatable bonds is 5. The molecule has 0 aromatic rings. The number of Topliss-reactive ketones (excluding diaryl/α,β-unsaturated/α-hetero) is 1. The van der Waals surface area contributed by atoms with Gasteiger partial charge in [-0.1, -0.05) is 19.6 Å². The zero-order valence-corrected chi connectivity index (χ0v) is 10.5. The first-order valence-corrected chi connectivity index (χ1v) is 6.02. The Labute approximate surface area is 103 Å². The second kappa shape index (κ2) is 6.38. The summed E-state index contributed by atoms with van der Waals surface area (Å²) in [6, 6.07) is 0. The second-order valence-electron chi connectivity index (χ2n) is 4.60. The van der Waals surface area contributed by atoms with Crippen LogP contribution >= 0.6 is 0 Å². The molecule has 1 atom stereocenters. The Morgan fingerprint density at radius 2 is 2.06 bits per heavy atom. The average Bonchev–Trinajstić information content (AvgIpc) is 2.28. The maximum Gasteiger partial charge on any atom is 0.302 e. The predicted octanol–water partition coefficient (Wildman–Crippen LogP) is 2.81. The maximum absolute atomic E-state index is 11.7. The van der Waals surface area contributed by atoms with Crippen molar-refractivity contribution in [1.82, 2.24) is 0 Å². The summed E-state index contributed by atoms with van der Waals surface area (Å²) in [5, 5.41) is 0. The van der Waals surface area contributed by atoms with Gasteiger partial charge in [-0.2, -0.15) is 0 Å². The molecule has 1 aliphatic carbocycles. The molecule has 1 aliphatic rings. The number of ketones is 1. The Morgan fingerprint density at radius 1 is 1.35 bits per heavy atom. The molecule has 0 radical (unpaired) electrons. The summed E-state index contributed by atoms with van der Waals surface area (Å²) in [5.41, 5.74) is 1.53. The quantitative estimate of drug-likeness (QED) is 0.544. The van der Waals surface area contributed by atoms with Crippen molar-refractivity contribution in [2.24, 2.45) is 5.92 Å². The topological polar surface area (TPSA) is 43.4 Å². The Morgan fingerprint density at radius 3 is 2.65 bits per heavy atom. The minimum absolute atomic E-state index is 0.0883. The van der Waals surface area contributed by atoms with Gasteiger partial charge in [0.1, 0.15) is 12.4 Å². The molecule has 0 aliphatic heterocycles. The third-order valence-electron chi connectivity index (χ3n) is 3.12. The standard InChI is InChI=1S/C14H20O3/c1-10(11(2)9-17-12(3)15)8-13-6-4-5-7-14(13)16/h13H,1-2,4-9H2,3H3. The van der Waals surface area contributed by atoms with Crippen molar-refractivity contribution in [2.75, 3.05) is 6.61 Å². The van der Waals surface area contributed by atoms with E-state index in [1.54, 1.807) is 0 Å². The number of hydrogen-bond donors (Lipinski definition) is 0. The van der Waals surface area contributed by atoms with E-state index in [0.717, 1.165) is 24.8 Å². The fourth-order valence-electron chi connectivity index (χ4n) is 2.00. The van der Waals surface area contributed by atoms with Crippen LogP contribution in [0, 0.1) is 5.92 Å². The number of hydrogen-bond acceptors (Lipinski definition) is 3. The molecule has 94 valence electrons. The van der Waals surface area contributed by atoms with E-state index in [2.05, 4.69) is 13.2 Å². The molecule has 1 saturated carbocycles. The van der Waals surface area contributed by atoms with Gasteiger partial charge in [0.2, 0.25) is 0 Å². The van der Waals surface area contributed by atoms with Crippen LogP contribution < -0.4 is 0 Å². The van der Waals surface area contributed by atoms with Gasteiger partial charge < -0.3 is 4.74 Å². The molecule has 1 unspecified atom stereocenters. The summed E-state index contributed by atoms with van der Waals surface area (Å²) < 4.78 is 4.86. The minimum atomic E-state index is -0.326. The van der Waals surface area contributed by atoms with Crippen LogP contribution in [0.2, 0.25) is 0 Å². The number of esters is 1. The van der Waals surface area contributed by atoms with Crippen molar-refractivity contribution in [3.63, 3.8) is 0 Å². The van der Waals surface area contributed by atoms with E-state index in [0.29, 0.717) is 24.2 Å². The average molecular weight is 236 g/mol. The van der Waals surface area contributed by atoms with Gasteiger partial charge in [0.25, 0.3) is 0 Å². The number of carbonyl (C=O) groups is 2. The van der Waals surface area contributed by atoms with Crippen LogP contribution in [0.3, 0.4) is 0 Å². The van der Waals surface area contributed by atoms with E-state index in [1.165, 1.54) is 6.92 Å². The Kier molecular flexibility index (Phi) is 5.13. The molecule has 1 rings (SSSR count). The minimum Gasteiger partial charge on any atom is -0.461 e. The van der Waals surface area contributed by atoms with Crippen molar-refractivity contribution < 1.29 is 14.3 Å². The first kappa shape index (κ1) is 13.7. The van der Waals surface area contributed by atoms with E-state index in [1.807, 2.05) is 0 Å².